The Morgan fingerprint density at radius 2 is 1.79 bits per heavy atom. The second-order valence-electron chi connectivity index (χ2n) is 11.1. The van der Waals surface area contributed by atoms with Gasteiger partial charge in [0.15, 0.2) is 0 Å². The van der Waals surface area contributed by atoms with Crippen molar-refractivity contribution in [2.45, 2.75) is 38.3 Å². The van der Waals surface area contributed by atoms with Crippen LogP contribution in [-0.2, 0) is 25.7 Å². The first-order valence-corrected chi connectivity index (χ1v) is 15.0. The van der Waals surface area contributed by atoms with Gasteiger partial charge < -0.3 is 30.3 Å². The van der Waals surface area contributed by atoms with E-state index in [4.69, 9.17) is 15.2 Å². The van der Waals surface area contributed by atoms with Crippen molar-refractivity contribution in [3.63, 3.8) is 0 Å². The average molecular weight is 638 g/mol. The molecule has 3 amide bonds. The van der Waals surface area contributed by atoms with Gasteiger partial charge in [-0.2, -0.15) is 0 Å². The summed E-state index contributed by atoms with van der Waals surface area (Å²) in [5, 5.41) is 4.91. The van der Waals surface area contributed by atoms with Crippen LogP contribution in [-0.4, -0.2) is 57.2 Å². The second-order valence-corrected chi connectivity index (χ2v) is 12.0. The lowest BCUT2D eigenvalue weighted by atomic mass is 9.83. The number of likely N-dealkylation sites (N-methyl/N-ethyl adjacent to an activating group) is 1. The number of carbonyl (C=O) groups excluding carboxylic acids is 3. The number of carbonyl (C=O) groups is 3. The predicted molar refractivity (Wildman–Crippen MR) is 166 cm³/mol. The third-order valence-corrected chi connectivity index (χ3v) is 9.53. The van der Waals surface area contributed by atoms with E-state index < -0.39 is 17.4 Å². The normalized spacial score (nSPS) is 19.2. The highest BCUT2D eigenvalue weighted by Gasteiger charge is 2.48. The number of methoxy groups -OCH3 is 1. The van der Waals surface area contributed by atoms with E-state index >= 15 is 0 Å². The van der Waals surface area contributed by atoms with Gasteiger partial charge in [-0.15, -0.1) is 0 Å². The fourth-order valence-electron chi connectivity index (χ4n) is 6.07. The van der Waals surface area contributed by atoms with Crippen molar-refractivity contribution < 1.29 is 23.9 Å². The molecule has 222 valence electrons. The molecule has 3 aromatic rings. The van der Waals surface area contributed by atoms with Crippen molar-refractivity contribution in [3.05, 3.63) is 64.6 Å². The maximum absolute atomic E-state index is 14.7. The van der Waals surface area contributed by atoms with Gasteiger partial charge in [0.25, 0.3) is 0 Å². The van der Waals surface area contributed by atoms with Crippen LogP contribution >= 0.6 is 15.9 Å². The number of ether oxygens (including phenoxy) is 2. The highest BCUT2D eigenvalue weighted by molar-refractivity contribution is 9.10. The minimum Gasteiger partial charge on any atom is -0.496 e. The number of amides is 3. The van der Waals surface area contributed by atoms with Gasteiger partial charge in [-0.3, -0.25) is 14.4 Å². The van der Waals surface area contributed by atoms with Gasteiger partial charge in [-0.1, -0.05) is 40.2 Å². The molecule has 2 atom stereocenters. The van der Waals surface area contributed by atoms with Crippen LogP contribution in [0.25, 0.3) is 10.8 Å². The Labute approximate surface area is 254 Å². The van der Waals surface area contributed by atoms with Gasteiger partial charge in [-0.05, 0) is 73.8 Å². The molecule has 42 heavy (non-hydrogen) atoms. The smallest absolute Gasteiger partial charge is 0.238 e. The minimum atomic E-state index is -1.42. The van der Waals surface area contributed by atoms with Crippen LogP contribution in [0.15, 0.2) is 59.1 Å². The van der Waals surface area contributed by atoms with E-state index in [2.05, 4.69) is 21.2 Å². The third kappa shape index (κ3) is 5.50. The van der Waals surface area contributed by atoms with E-state index in [-0.39, 0.29) is 30.8 Å². The maximum Gasteiger partial charge on any atom is 0.238 e. The zero-order chi connectivity index (χ0) is 30.0. The SMILES string of the molecule is CNC(C)(C(N)=O)[C@@H]1CN(C(=O)CC2CCOCC2)c2ccccc2N(Cc2c(OC)ccc3c(Br)cccc23)C1=O. The van der Waals surface area contributed by atoms with Gasteiger partial charge in [-0.25, -0.2) is 0 Å². The molecule has 2 aliphatic rings. The molecular weight excluding hydrogens is 600 g/mol. The van der Waals surface area contributed by atoms with Crippen LogP contribution in [0.2, 0.25) is 0 Å². The lowest BCUT2D eigenvalue weighted by Gasteiger charge is -2.36. The predicted octanol–water partition coefficient (Wildman–Crippen LogP) is 4.39. The number of hydrogen-bond acceptors (Lipinski definition) is 6. The molecule has 10 heteroatoms. The van der Waals surface area contributed by atoms with Gasteiger partial charge in [0.2, 0.25) is 17.7 Å². The quantitative estimate of drug-likeness (QED) is 0.379. The second kappa shape index (κ2) is 12.4. The van der Waals surface area contributed by atoms with Gasteiger partial charge in [0, 0.05) is 36.2 Å². The molecule has 1 unspecified atom stereocenters. The summed E-state index contributed by atoms with van der Waals surface area (Å²) < 4.78 is 12.2. The van der Waals surface area contributed by atoms with Crippen molar-refractivity contribution in [1.29, 1.82) is 0 Å². The molecule has 5 rings (SSSR count). The maximum atomic E-state index is 14.7. The summed E-state index contributed by atoms with van der Waals surface area (Å²) in [4.78, 5) is 44.9. The molecule has 2 heterocycles. The van der Waals surface area contributed by atoms with Crippen LogP contribution < -0.4 is 25.6 Å². The van der Waals surface area contributed by atoms with Crippen LogP contribution in [0, 0.1) is 11.8 Å². The molecule has 0 aliphatic carbocycles. The first kappa shape index (κ1) is 30.0. The van der Waals surface area contributed by atoms with E-state index in [0.29, 0.717) is 36.8 Å². The van der Waals surface area contributed by atoms with Crippen LogP contribution in [0.3, 0.4) is 0 Å². The molecule has 0 aromatic heterocycles. The Hall–Kier alpha value is -3.47. The van der Waals surface area contributed by atoms with Gasteiger partial charge >= 0.3 is 0 Å². The Bertz CT molecular complexity index is 1510. The Morgan fingerprint density at radius 1 is 1.07 bits per heavy atom. The highest BCUT2D eigenvalue weighted by atomic mass is 79.9. The summed E-state index contributed by atoms with van der Waals surface area (Å²) >= 11 is 3.65. The van der Waals surface area contributed by atoms with E-state index in [0.717, 1.165) is 33.7 Å². The molecule has 0 spiro atoms. The first-order chi connectivity index (χ1) is 20.2. The van der Waals surface area contributed by atoms with E-state index in [1.807, 2.05) is 54.6 Å². The third-order valence-electron chi connectivity index (χ3n) is 8.84. The number of nitrogens with two attached hydrogens (primary N) is 1. The Kier molecular flexibility index (Phi) is 8.86. The summed E-state index contributed by atoms with van der Waals surface area (Å²) in [6.07, 6.45) is 1.94. The summed E-state index contributed by atoms with van der Waals surface area (Å²) in [5.41, 5.74) is 6.52. The molecule has 3 aromatic carbocycles. The molecule has 0 radical (unpaired) electrons. The first-order valence-electron chi connectivity index (χ1n) is 14.2. The molecule has 2 aliphatic heterocycles. The number of benzene rings is 3. The molecule has 9 nitrogen and oxygen atoms in total. The molecule has 0 bridgehead atoms. The molecule has 1 saturated heterocycles. The minimum absolute atomic E-state index is 0.00685. The van der Waals surface area contributed by atoms with E-state index in [9.17, 15) is 14.4 Å². The molecule has 3 N–H and O–H groups in total. The van der Waals surface area contributed by atoms with Crippen molar-refractivity contribution in [2.75, 3.05) is 43.7 Å². The summed E-state index contributed by atoms with van der Waals surface area (Å²) in [6.45, 7) is 3.05. The van der Waals surface area contributed by atoms with Crippen molar-refractivity contribution in [1.82, 2.24) is 5.32 Å². The van der Waals surface area contributed by atoms with Gasteiger partial charge in [0.05, 0.1) is 30.9 Å². The van der Waals surface area contributed by atoms with E-state index in [1.54, 1.807) is 30.9 Å². The number of rotatable bonds is 8. The van der Waals surface area contributed by atoms with Crippen LogP contribution in [0.4, 0.5) is 11.4 Å². The Morgan fingerprint density at radius 3 is 2.45 bits per heavy atom. The monoisotopic (exact) mass is 636 g/mol. The zero-order valence-corrected chi connectivity index (χ0v) is 25.8. The number of fused-ring (bicyclic) bond motifs is 2. The average Bonchev–Trinajstić information content (AvgIpc) is 3.12. The zero-order valence-electron chi connectivity index (χ0n) is 24.2. The number of halogens is 1. The number of anilines is 2. The lowest BCUT2D eigenvalue weighted by molar-refractivity contribution is -0.133. The molecule has 1 fully saturated rings. The van der Waals surface area contributed by atoms with Crippen molar-refractivity contribution in [3.8, 4) is 5.75 Å². The molecule has 0 saturated carbocycles. The van der Waals surface area contributed by atoms with Crippen LogP contribution in [0.1, 0.15) is 31.7 Å². The largest absolute Gasteiger partial charge is 0.496 e. The fourth-order valence-corrected chi connectivity index (χ4v) is 6.56. The number of primary amides is 1. The fraction of sp³-hybridized carbons (Fsp3) is 0.406. The number of nitrogens with one attached hydrogen (secondary N) is 1. The number of hydrogen-bond donors (Lipinski definition) is 2. The highest BCUT2D eigenvalue weighted by Crippen LogP contribution is 2.41. The number of para-hydroxylation sites is 2. The van der Waals surface area contributed by atoms with Crippen molar-refractivity contribution >= 4 is 55.8 Å². The van der Waals surface area contributed by atoms with Crippen molar-refractivity contribution in [2.24, 2.45) is 17.6 Å². The summed E-state index contributed by atoms with van der Waals surface area (Å²) in [5.74, 6) is -1.21. The summed E-state index contributed by atoms with van der Waals surface area (Å²) in [6, 6.07) is 17.2. The summed E-state index contributed by atoms with van der Waals surface area (Å²) in [7, 11) is 3.21. The number of nitrogens with zero attached hydrogens (tertiary/aromatic N) is 2. The van der Waals surface area contributed by atoms with Crippen LogP contribution in [0.5, 0.6) is 5.75 Å². The lowest BCUT2D eigenvalue weighted by Crippen LogP contribution is -2.63. The topological polar surface area (TPSA) is 114 Å². The van der Waals surface area contributed by atoms with E-state index in [1.165, 1.54) is 0 Å². The molecular formula is C32H37BrN4O5. The standard InChI is InChI=1S/C32H37BrN4O5/c1-32(35-2,31(34)40)24-19-36(29(38)17-20-13-15-42-16-14-20)26-9-4-5-10-27(26)37(30(24)39)18-23-21-7-6-8-25(33)22(21)11-12-28(23)41-3/h4-12,20,24,35H,13-19H2,1-3H3,(H2,34,40)/t24-,32?/m1/s1. The van der Waals surface area contributed by atoms with Gasteiger partial charge in [0.1, 0.15) is 11.3 Å². The Balaban J connectivity index is 1.66.